The second-order valence-corrected chi connectivity index (χ2v) is 9.20. The third-order valence-corrected chi connectivity index (χ3v) is 6.97. The summed E-state index contributed by atoms with van der Waals surface area (Å²) in [4.78, 5) is 13.4. The van der Waals surface area contributed by atoms with Gasteiger partial charge in [0, 0.05) is 32.3 Å². The van der Waals surface area contributed by atoms with Crippen LogP contribution < -0.4 is 0 Å². The van der Waals surface area contributed by atoms with E-state index < -0.39 is 28.9 Å². The maximum atomic E-state index is 13.0. The van der Waals surface area contributed by atoms with Crippen molar-refractivity contribution >= 4 is 27.5 Å². The molecule has 1 aromatic carbocycles. The fourth-order valence-corrected chi connectivity index (χ4v) is 5.26. The number of amides is 1. The van der Waals surface area contributed by atoms with Crippen LogP contribution in [0.2, 0.25) is 5.02 Å². The van der Waals surface area contributed by atoms with Crippen LogP contribution in [0.15, 0.2) is 23.1 Å². The van der Waals surface area contributed by atoms with Gasteiger partial charge in [0.2, 0.25) is 10.0 Å². The predicted molar refractivity (Wildman–Crippen MR) is 102 cm³/mol. The van der Waals surface area contributed by atoms with E-state index in [-0.39, 0.29) is 34.6 Å². The van der Waals surface area contributed by atoms with Gasteiger partial charge in [-0.25, -0.2) is 17.2 Å². The molecular formula is C18H25ClF2N2O4S. The standard InChI is InChI=1S/C18H25ClF2N2O4S/c1-13-4-3-7-23(11-13)28(25,26)16-10-14(5-6-15(16)19)18(24)22(8-9-27-2)12-17(20)21/h5-6,10,13,17H,3-4,7-9,11-12H2,1-2H3. The lowest BCUT2D eigenvalue weighted by molar-refractivity contribution is 0.0478. The smallest absolute Gasteiger partial charge is 0.255 e. The number of nitrogens with zero attached hydrogens (tertiary/aromatic N) is 2. The zero-order valence-electron chi connectivity index (χ0n) is 15.9. The van der Waals surface area contributed by atoms with Gasteiger partial charge in [-0.2, -0.15) is 4.31 Å². The quantitative estimate of drug-likeness (QED) is 0.625. The number of piperidine rings is 1. The van der Waals surface area contributed by atoms with Crippen molar-refractivity contribution < 1.29 is 26.7 Å². The molecule has 10 heteroatoms. The topological polar surface area (TPSA) is 66.9 Å². The molecule has 1 amide bonds. The van der Waals surface area contributed by atoms with E-state index in [1.165, 1.54) is 29.6 Å². The average molecular weight is 439 g/mol. The largest absolute Gasteiger partial charge is 0.383 e. The van der Waals surface area contributed by atoms with E-state index in [4.69, 9.17) is 16.3 Å². The molecule has 1 fully saturated rings. The number of benzene rings is 1. The first-order valence-corrected chi connectivity index (χ1v) is 10.8. The molecular weight excluding hydrogens is 414 g/mol. The second kappa shape index (κ2) is 9.96. The van der Waals surface area contributed by atoms with E-state index in [1.807, 2.05) is 6.92 Å². The van der Waals surface area contributed by atoms with Gasteiger partial charge in [0.05, 0.1) is 18.2 Å². The number of carbonyl (C=O) groups is 1. The Kier molecular flexibility index (Phi) is 8.18. The van der Waals surface area contributed by atoms with Crippen LogP contribution in [0.4, 0.5) is 8.78 Å². The molecule has 1 unspecified atom stereocenters. The Morgan fingerprint density at radius 1 is 1.43 bits per heavy atom. The van der Waals surface area contributed by atoms with Crippen molar-refractivity contribution in [2.75, 3.05) is 39.9 Å². The van der Waals surface area contributed by atoms with Crippen LogP contribution in [-0.2, 0) is 14.8 Å². The molecule has 1 heterocycles. The summed E-state index contributed by atoms with van der Waals surface area (Å²) in [6, 6.07) is 3.82. The van der Waals surface area contributed by atoms with E-state index in [2.05, 4.69) is 0 Å². The van der Waals surface area contributed by atoms with Crippen LogP contribution in [-0.4, -0.2) is 69.9 Å². The molecule has 0 N–H and O–H groups in total. The minimum atomic E-state index is -3.89. The lowest BCUT2D eigenvalue weighted by atomic mass is 10.0. The van der Waals surface area contributed by atoms with Gasteiger partial charge < -0.3 is 9.64 Å². The molecule has 6 nitrogen and oxygen atoms in total. The highest BCUT2D eigenvalue weighted by molar-refractivity contribution is 7.89. The molecule has 1 saturated heterocycles. The van der Waals surface area contributed by atoms with Gasteiger partial charge in [-0.15, -0.1) is 0 Å². The maximum Gasteiger partial charge on any atom is 0.255 e. The van der Waals surface area contributed by atoms with Crippen LogP contribution in [0.25, 0.3) is 0 Å². The summed E-state index contributed by atoms with van der Waals surface area (Å²) >= 11 is 6.12. The SMILES string of the molecule is COCCN(CC(F)F)C(=O)c1ccc(Cl)c(S(=O)(=O)N2CCCC(C)C2)c1. The third kappa shape index (κ3) is 5.62. The van der Waals surface area contributed by atoms with Crippen molar-refractivity contribution in [2.24, 2.45) is 5.92 Å². The molecule has 28 heavy (non-hydrogen) atoms. The monoisotopic (exact) mass is 438 g/mol. The summed E-state index contributed by atoms with van der Waals surface area (Å²) in [6.45, 7) is 2.02. The fourth-order valence-electron chi connectivity index (χ4n) is 3.16. The Bertz CT molecular complexity index is 792. The van der Waals surface area contributed by atoms with Crippen LogP contribution in [0, 0.1) is 5.92 Å². The van der Waals surface area contributed by atoms with Crippen molar-refractivity contribution in [2.45, 2.75) is 31.1 Å². The van der Waals surface area contributed by atoms with Crippen LogP contribution in [0.3, 0.4) is 0 Å². The van der Waals surface area contributed by atoms with Gasteiger partial charge in [-0.05, 0) is 37.0 Å². The molecule has 1 aliphatic rings. The van der Waals surface area contributed by atoms with Gasteiger partial charge >= 0.3 is 0 Å². The van der Waals surface area contributed by atoms with E-state index >= 15 is 0 Å². The Hall–Kier alpha value is -1.29. The van der Waals surface area contributed by atoms with Gasteiger partial charge in [0.25, 0.3) is 12.3 Å². The molecule has 1 aliphatic heterocycles. The van der Waals surface area contributed by atoms with Crippen molar-refractivity contribution in [1.29, 1.82) is 0 Å². The fraction of sp³-hybridized carbons (Fsp3) is 0.611. The summed E-state index contributed by atoms with van der Waals surface area (Å²) in [5.41, 5.74) is -0.00946. The summed E-state index contributed by atoms with van der Waals surface area (Å²) in [7, 11) is -2.49. The van der Waals surface area contributed by atoms with Crippen molar-refractivity contribution in [3.63, 3.8) is 0 Å². The Morgan fingerprint density at radius 3 is 2.75 bits per heavy atom. The number of methoxy groups -OCH3 is 1. The number of rotatable bonds is 8. The average Bonchev–Trinajstić information content (AvgIpc) is 2.64. The second-order valence-electron chi connectivity index (χ2n) is 6.89. The first-order chi connectivity index (χ1) is 13.2. The highest BCUT2D eigenvalue weighted by Gasteiger charge is 2.31. The molecule has 158 valence electrons. The molecule has 1 aromatic rings. The first-order valence-electron chi connectivity index (χ1n) is 9.03. The lowest BCUT2D eigenvalue weighted by Crippen LogP contribution is -2.39. The molecule has 0 bridgehead atoms. The number of hydrogen-bond acceptors (Lipinski definition) is 4. The summed E-state index contributed by atoms with van der Waals surface area (Å²) in [5.74, 6) is -0.472. The third-order valence-electron chi connectivity index (χ3n) is 4.63. The van der Waals surface area contributed by atoms with Gasteiger partial charge in [0.1, 0.15) is 4.90 Å². The van der Waals surface area contributed by atoms with Gasteiger partial charge in [0.15, 0.2) is 0 Å². The molecule has 2 rings (SSSR count). The first kappa shape index (κ1) is 23.0. The summed E-state index contributed by atoms with van der Waals surface area (Å²) in [5, 5.41) is -0.00734. The molecule has 0 spiro atoms. The minimum Gasteiger partial charge on any atom is -0.383 e. The zero-order chi connectivity index (χ0) is 20.9. The predicted octanol–water partition coefficient (Wildman–Crippen LogP) is 3.11. The van der Waals surface area contributed by atoms with Crippen LogP contribution in [0.1, 0.15) is 30.1 Å². The van der Waals surface area contributed by atoms with Crippen molar-refractivity contribution in [1.82, 2.24) is 9.21 Å². The molecule has 0 saturated carbocycles. The highest BCUT2D eigenvalue weighted by atomic mass is 35.5. The Labute approximate surface area is 169 Å². The highest BCUT2D eigenvalue weighted by Crippen LogP contribution is 2.29. The summed E-state index contributed by atoms with van der Waals surface area (Å²) < 4.78 is 58.0. The van der Waals surface area contributed by atoms with Crippen molar-refractivity contribution in [3.8, 4) is 0 Å². The molecule has 0 aromatic heterocycles. The van der Waals surface area contributed by atoms with E-state index in [1.54, 1.807) is 0 Å². The van der Waals surface area contributed by atoms with E-state index in [0.29, 0.717) is 13.1 Å². The van der Waals surface area contributed by atoms with E-state index in [0.717, 1.165) is 17.7 Å². The van der Waals surface area contributed by atoms with Gasteiger partial charge in [-0.3, -0.25) is 4.79 Å². The maximum absolute atomic E-state index is 13.0. The normalized spacial score (nSPS) is 18.4. The lowest BCUT2D eigenvalue weighted by Gasteiger charge is -2.30. The number of alkyl halides is 2. The molecule has 1 atom stereocenters. The van der Waals surface area contributed by atoms with Crippen LogP contribution in [0.5, 0.6) is 0 Å². The van der Waals surface area contributed by atoms with Crippen molar-refractivity contribution in [3.05, 3.63) is 28.8 Å². The summed E-state index contributed by atoms with van der Waals surface area (Å²) in [6.07, 6.45) is -1.03. The van der Waals surface area contributed by atoms with E-state index in [9.17, 15) is 22.0 Å². The Balaban J connectivity index is 2.34. The number of halogens is 3. The Morgan fingerprint density at radius 2 is 2.14 bits per heavy atom. The number of hydrogen-bond donors (Lipinski definition) is 0. The number of carbonyl (C=O) groups excluding carboxylic acids is 1. The minimum absolute atomic E-state index is 0.00734. The molecule has 0 aliphatic carbocycles. The molecule has 0 radical (unpaired) electrons. The zero-order valence-corrected chi connectivity index (χ0v) is 17.5. The number of sulfonamides is 1. The number of ether oxygens (including phenoxy) is 1. The van der Waals surface area contributed by atoms with Crippen LogP contribution >= 0.6 is 11.6 Å². The van der Waals surface area contributed by atoms with Gasteiger partial charge in [-0.1, -0.05) is 18.5 Å².